The van der Waals surface area contributed by atoms with Gasteiger partial charge in [-0.2, -0.15) is 0 Å². The van der Waals surface area contributed by atoms with Gasteiger partial charge in [0.2, 0.25) is 0 Å². The Bertz CT molecular complexity index is 392. The normalized spacial score (nSPS) is 22.1. The molecule has 1 unspecified atom stereocenters. The van der Waals surface area contributed by atoms with E-state index in [0.717, 1.165) is 17.8 Å². The summed E-state index contributed by atoms with van der Waals surface area (Å²) in [5, 5.41) is 9.83. The van der Waals surface area contributed by atoms with Crippen molar-refractivity contribution in [2.45, 2.75) is 31.9 Å². The number of nitrogens with zero attached hydrogens (tertiary/aromatic N) is 2. The number of benzene rings is 1. The molecule has 0 saturated carbocycles. The third-order valence-electron chi connectivity index (χ3n) is 3.95. The van der Waals surface area contributed by atoms with Crippen LogP contribution in [0.2, 0.25) is 0 Å². The smallest absolute Gasteiger partial charge is 0.0781 e. The molecule has 1 fully saturated rings. The Kier molecular flexibility index (Phi) is 4.25. The first kappa shape index (κ1) is 13.4. The molecular weight excluding hydrogens is 224 g/mol. The number of aliphatic hydroxyl groups is 1. The van der Waals surface area contributed by atoms with Crippen molar-refractivity contribution in [3.05, 3.63) is 29.8 Å². The van der Waals surface area contributed by atoms with Crippen LogP contribution in [0.15, 0.2) is 24.3 Å². The lowest BCUT2D eigenvalue weighted by atomic mass is 10.1. The average molecular weight is 248 g/mol. The number of rotatable bonds is 4. The SMILES string of the molecule is C[C@H](O)c1ccccc1N(C)CC1CCCN1C. The number of hydrogen-bond donors (Lipinski definition) is 1. The highest BCUT2D eigenvalue weighted by atomic mass is 16.3. The van der Waals surface area contributed by atoms with Gasteiger partial charge in [0, 0.05) is 30.9 Å². The molecule has 1 aromatic carbocycles. The van der Waals surface area contributed by atoms with Crippen molar-refractivity contribution in [1.82, 2.24) is 4.90 Å². The Labute approximate surface area is 110 Å². The molecule has 1 heterocycles. The van der Waals surface area contributed by atoms with Crippen molar-refractivity contribution in [3.63, 3.8) is 0 Å². The number of para-hydroxylation sites is 1. The van der Waals surface area contributed by atoms with Gasteiger partial charge in [-0.25, -0.2) is 0 Å². The topological polar surface area (TPSA) is 26.7 Å². The standard InChI is InChI=1S/C15H24N2O/c1-12(18)14-8-4-5-9-15(14)17(3)11-13-7-6-10-16(13)2/h4-5,8-9,12-13,18H,6-7,10-11H2,1-3H3/t12-,13?/m0/s1. The van der Waals surface area contributed by atoms with Crippen LogP contribution in [0.5, 0.6) is 0 Å². The Morgan fingerprint density at radius 1 is 1.44 bits per heavy atom. The highest BCUT2D eigenvalue weighted by Gasteiger charge is 2.23. The van der Waals surface area contributed by atoms with E-state index in [0.29, 0.717) is 6.04 Å². The van der Waals surface area contributed by atoms with Crippen molar-refractivity contribution in [1.29, 1.82) is 0 Å². The maximum absolute atomic E-state index is 9.83. The lowest BCUT2D eigenvalue weighted by molar-refractivity contribution is 0.199. The van der Waals surface area contributed by atoms with Crippen molar-refractivity contribution in [2.75, 3.05) is 32.1 Å². The van der Waals surface area contributed by atoms with E-state index in [4.69, 9.17) is 0 Å². The van der Waals surface area contributed by atoms with Gasteiger partial charge in [0.1, 0.15) is 0 Å². The van der Waals surface area contributed by atoms with Gasteiger partial charge < -0.3 is 14.9 Å². The molecule has 0 aromatic heterocycles. The van der Waals surface area contributed by atoms with Gasteiger partial charge in [0.05, 0.1) is 6.10 Å². The molecule has 3 heteroatoms. The molecule has 0 radical (unpaired) electrons. The van der Waals surface area contributed by atoms with Crippen LogP contribution in [0.3, 0.4) is 0 Å². The second kappa shape index (κ2) is 5.72. The molecule has 2 atom stereocenters. The lowest BCUT2D eigenvalue weighted by Crippen LogP contribution is -2.37. The van der Waals surface area contributed by atoms with Crippen LogP contribution in [-0.2, 0) is 0 Å². The zero-order chi connectivity index (χ0) is 13.1. The molecule has 2 rings (SSSR count). The average Bonchev–Trinajstić information content (AvgIpc) is 2.75. The fraction of sp³-hybridized carbons (Fsp3) is 0.600. The minimum atomic E-state index is -0.412. The molecule has 18 heavy (non-hydrogen) atoms. The first-order valence-corrected chi connectivity index (χ1v) is 6.78. The second-order valence-electron chi connectivity index (χ2n) is 5.39. The first-order chi connectivity index (χ1) is 8.59. The van der Waals surface area contributed by atoms with Gasteiger partial charge in [-0.15, -0.1) is 0 Å². The zero-order valence-corrected chi connectivity index (χ0v) is 11.6. The monoisotopic (exact) mass is 248 g/mol. The molecule has 0 spiro atoms. The molecule has 1 saturated heterocycles. The zero-order valence-electron chi connectivity index (χ0n) is 11.6. The number of likely N-dealkylation sites (N-methyl/N-ethyl adjacent to an activating group) is 2. The number of aliphatic hydroxyl groups excluding tert-OH is 1. The molecule has 3 nitrogen and oxygen atoms in total. The summed E-state index contributed by atoms with van der Waals surface area (Å²) < 4.78 is 0. The van der Waals surface area contributed by atoms with E-state index in [1.165, 1.54) is 19.4 Å². The fourth-order valence-electron chi connectivity index (χ4n) is 2.81. The van der Waals surface area contributed by atoms with Crippen LogP contribution in [0.25, 0.3) is 0 Å². The third kappa shape index (κ3) is 2.85. The molecule has 0 bridgehead atoms. The summed E-state index contributed by atoms with van der Waals surface area (Å²) in [5.41, 5.74) is 2.16. The fourth-order valence-corrected chi connectivity index (χ4v) is 2.81. The Morgan fingerprint density at radius 3 is 2.78 bits per heavy atom. The van der Waals surface area contributed by atoms with Gasteiger partial charge in [0.25, 0.3) is 0 Å². The predicted octanol–water partition coefficient (Wildman–Crippen LogP) is 2.27. The van der Waals surface area contributed by atoms with Gasteiger partial charge in [-0.3, -0.25) is 0 Å². The quantitative estimate of drug-likeness (QED) is 0.885. The van der Waals surface area contributed by atoms with E-state index in [1.807, 2.05) is 25.1 Å². The van der Waals surface area contributed by atoms with Crippen LogP contribution in [0.4, 0.5) is 5.69 Å². The first-order valence-electron chi connectivity index (χ1n) is 6.78. The van der Waals surface area contributed by atoms with E-state index in [2.05, 4.69) is 30.0 Å². The number of likely N-dealkylation sites (tertiary alicyclic amines) is 1. The molecule has 1 N–H and O–H groups in total. The van der Waals surface area contributed by atoms with Crippen LogP contribution in [0, 0.1) is 0 Å². The van der Waals surface area contributed by atoms with E-state index < -0.39 is 6.10 Å². The number of hydrogen-bond acceptors (Lipinski definition) is 3. The Morgan fingerprint density at radius 2 is 2.17 bits per heavy atom. The lowest BCUT2D eigenvalue weighted by Gasteiger charge is -2.29. The van der Waals surface area contributed by atoms with Crippen molar-refractivity contribution >= 4 is 5.69 Å². The maximum Gasteiger partial charge on any atom is 0.0781 e. The van der Waals surface area contributed by atoms with Gasteiger partial charge in [-0.1, -0.05) is 18.2 Å². The summed E-state index contributed by atoms with van der Waals surface area (Å²) in [4.78, 5) is 4.70. The highest BCUT2D eigenvalue weighted by molar-refractivity contribution is 5.54. The van der Waals surface area contributed by atoms with E-state index >= 15 is 0 Å². The molecular formula is C15H24N2O. The van der Waals surface area contributed by atoms with E-state index in [1.54, 1.807) is 0 Å². The maximum atomic E-state index is 9.83. The minimum Gasteiger partial charge on any atom is -0.389 e. The summed E-state index contributed by atoms with van der Waals surface area (Å²) >= 11 is 0. The van der Waals surface area contributed by atoms with Crippen molar-refractivity contribution < 1.29 is 5.11 Å². The molecule has 0 aliphatic carbocycles. The second-order valence-corrected chi connectivity index (χ2v) is 5.39. The Balaban J connectivity index is 2.10. The summed E-state index contributed by atoms with van der Waals surface area (Å²) in [6.07, 6.45) is 2.16. The summed E-state index contributed by atoms with van der Waals surface area (Å²) in [6, 6.07) is 8.76. The van der Waals surface area contributed by atoms with Crippen LogP contribution < -0.4 is 4.90 Å². The predicted molar refractivity (Wildman–Crippen MR) is 76.0 cm³/mol. The molecule has 100 valence electrons. The summed E-state index contributed by atoms with van der Waals surface area (Å²) in [5.74, 6) is 0. The largest absolute Gasteiger partial charge is 0.389 e. The molecule has 1 aliphatic heterocycles. The van der Waals surface area contributed by atoms with Gasteiger partial charge >= 0.3 is 0 Å². The van der Waals surface area contributed by atoms with Crippen LogP contribution >= 0.6 is 0 Å². The molecule has 1 aliphatic rings. The van der Waals surface area contributed by atoms with Gasteiger partial charge in [-0.05, 0) is 39.4 Å². The minimum absolute atomic E-state index is 0.412. The van der Waals surface area contributed by atoms with Crippen molar-refractivity contribution in [2.24, 2.45) is 0 Å². The van der Waals surface area contributed by atoms with E-state index in [9.17, 15) is 5.11 Å². The highest BCUT2D eigenvalue weighted by Crippen LogP contribution is 2.26. The summed E-state index contributed by atoms with van der Waals surface area (Å²) in [6.45, 7) is 4.06. The number of anilines is 1. The van der Waals surface area contributed by atoms with Crippen LogP contribution in [0.1, 0.15) is 31.4 Å². The van der Waals surface area contributed by atoms with Crippen molar-refractivity contribution in [3.8, 4) is 0 Å². The van der Waals surface area contributed by atoms with Gasteiger partial charge in [0.15, 0.2) is 0 Å². The van der Waals surface area contributed by atoms with Crippen LogP contribution in [-0.4, -0.2) is 43.2 Å². The summed E-state index contributed by atoms with van der Waals surface area (Å²) in [7, 11) is 4.32. The van der Waals surface area contributed by atoms with E-state index in [-0.39, 0.29) is 0 Å². The Hall–Kier alpha value is -1.06. The molecule has 1 aromatic rings. The molecule has 0 amide bonds. The third-order valence-corrected chi connectivity index (χ3v) is 3.95.